The lowest BCUT2D eigenvalue weighted by Gasteiger charge is -2.22. The molecule has 0 aliphatic rings. The van der Waals surface area contributed by atoms with Gasteiger partial charge in [0.25, 0.3) is 5.91 Å². The van der Waals surface area contributed by atoms with Crippen LogP contribution in [-0.4, -0.2) is 37.4 Å². The summed E-state index contributed by atoms with van der Waals surface area (Å²) in [5.41, 5.74) is -0.741. The number of aliphatic hydroxyl groups is 1. The van der Waals surface area contributed by atoms with E-state index >= 15 is 0 Å². The number of carbonyl (C=O) groups excluding carboxylic acids is 1. The third-order valence-electron chi connectivity index (χ3n) is 3.42. The van der Waals surface area contributed by atoms with Crippen LogP contribution >= 0.6 is 0 Å². The standard InChI is InChI=1S/C17H21NO5/c1-17(20,10-13-5-4-8-23-13)11-18-16(19)14-7-6-12(21-2)9-15(14)22-3/h4-9,20H,10-11H2,1-3H3,(H,18,19). The minimum absolute atomic E-state index is 0.0850. The fraction of sp³-hybridized carbons (Fsp3) is 0.353. The highest BCUT2D eigenvalue weighted by atomic mass is 16.5. The van der Waals surface area contributed by atoms with Crippen LogP contribution in [0.3, 0.4) is 0 Å². The van der Waals surface area contributed by atoms with E-state index in [4.69, 9.17) is 13.9 Å². The number of amides is 1. The van der Waals surface area contributed by atoms with Crippen LogP contribution in [0.2, 0.25) is 0 Å². The van der Waals surface area contributed by atoms with E-state index in [-0.39, 0.29) is 12.5 Å². The zero-order valence-electron chi connectivity index (χ0n) is 13.5. The molecule has 124 valence electrons. The Hall–Kier alpha value is -2.47. The molecule has 0 saturated carbocycles. The first-order chi connectivity index (χ1) is 10.9. The Labute approximate surface area is 135 Å². The molecule has 6 nitrogen and oxygen atoms in total. The molecule has 1 aromatic heterocycles. The van der Waals surface area contributed by atoms with Crippen molar-refractivity contribution in [1.82, 2.24) is 5.32 Å². The highest BCUT2D eigenvalue weighted by Crippen LogP contribution is 2.24. The molecule has 2 aromatic rings. The Balaban J connectivity index is 2.01. The van der Waals surface area contributed by atoms with Gasteiger partial charge in [0.1, 0.15) is 17.3 Å². The SMILES string of the molecule is COc1ccc(C(=O)NCC(C)(O)Cc2ccco2)c(OC)c1. The number of methoxy groups -OCH3 is 2. The summed E-state index contributed by atoms with van der Waals surface area (Å²) in [5.74, 6) is 1.34. The van der Waals surface area contributed by atoms with E-state index in [9.17, 15) is 9.90 Å². The maximum absolute atomic E-state index is 12.3. The molecule has 2 N–H and O–H groups in total. The summed E-state index contributed by atoms with van der Waals surface area (Å²) in [6.07, 6.45) is 1.85. The molecule has 1 unspecified atom stereocenters. The minimum atomic E-state index is -1.12. The molecule has 6 heteroatoms. The van der Waals surface area contributed by atoms with Gasteiger partial charge < -0.3 is 24.3 Å². The molecule has 0 bridgehead atoms. The lowest BCUT2D eigenvalue weighted by Crippen LogP contribution is -2.42. The molecule has 0 fully saturated rings. The van der Waals surface area contributed by atoms with Crippen molar-refractivity contribution in [2.24, 2.45) is 0 Å². The molecule has 23 heavy (non-hydrogen) atoms. The molecule has 0 aliphatic heterocycles. The van der Waals surface area contributed by atoms with Gasteiger partial charge in [-0.1, -0.05) is 0 Å². The second-order valence-corrected chi connectivity index (χ2v) is 5.50. The number of nitrogens with one attached hydrogen (secondary N) is 1. The zero-order valence-corrected chi connectivity index (χ0v) is 13.5. The first-order valence-electron chi connectivity index (χ1n) is 7.20. The second kappa shape index (κ2) is 7.19. The molecule has 1 aromatic carbocycles. The zero-order chi connectivity index (χ0) is 16.9. The van der Waals surface area contributed by atoms with Crippen molar-refractivity contribution in [1.29, 1.82) is 0 Å². The third kappa shape index (κ3) is 4.50. The van der Waals surface area contributed by atoms with Crippen LogP contribution in [-0.2, 0) is 6.42 Å². The van der Waals surface area contributed by atoms with Gasteiger partial charge in [0, 0.05) is 19.0 Å². The predicted octanol–water partition coefficient (Wildman–Crippen LogP) is 2.02. The quantitative estimate of drug-likeness (QED) is 0.816. The number of hydrogen-bond acceptors (Lipinski definition) is 5. The van der Waals surface area contributed by atoms with E-state index in [2.05, 4.69) is 5.32 Å². The molecule has 0 spiro atoms. The van der Waals surface area contributed by atoms with Gasteiger partial charge in [-0.3, -0.25) is 4.79 Å². The molecule has 1 atom stereocenters. The van der Waals surface area contributed by atoms with Crippen molar-refractivity contribution in [3.05, 3.63) is 47.9 Å². The predicted molar refractivity (Wildman–Crippen MR) is 84.9 cm³/mol. The first kappa shape index (κ1) is 16.9. The van der Waals surface area contributed by atoms with Crippen LogP contribution in [0.25, 0.3) is 0 Å². The summed E-state index contributed by atoms with van der Waals surface area (Å²) < 4.78 is 15.5. The average molecular weight is 319 g/mol. The van der Waals surface area contributed by atoms with E-state index in [1.807, 2.05) is 0 Å². The summed E-state index contributed by atoms with van der Waals surface area (Å²) in [7, 11) is 3.03. The van der Waals surface area contributed by atoms with E-state index < -0.39 is 5.60 Å². The van der Waals surface area contributed by atoms with Gasteiger partial charge in [-0.05, 0) is 31.2 Å². The topological polar surface area (TPSA) is 80.9 Å². The highest BCUT2D eigenvalue weighted by molar-refractivity contribution is 5.97. The van der Waals surface area contributed by atoms with E-state index in [1.54, 1.807) is 50.6 Å². The normalized spacial score (nSPS) is 13.2. The number of furan rings is 1. The van der Waals surface area contributed by atoms with Gasteiger partial charge in [-0.15, -0.1) is 0 Å². The van der Waals surface area contributed by atoms with Crippen LogP contribution in [0.5, 0.6) is 11.5 Å². The number of hydrogen-bond donors (Lipinski definition) is 2. The van der Waals surface area contributed by atoms with Crippen LogP contribution in [0, 0.1) is 0 Å². The molecule has 1 heterocycles. The highest BCUT2D eigenvalue weighted by Gasteiger charge is 2.24. The number of carbonyl (C=O) groups is 1. The van der Waals surface area contributed by atoms with Gasteiger partial charge in [-0.2, -0.15) is 0 Å². The summed E-state index contributed by atoms with van der Waals surface area (Å²) in [6.45, 7) is 1.72. The van der Waals surface area contributed by atoms with Gasteiger partial charge in [0.15, 0.2) is 0 Å². The largest absolute Gasteiger partial charge is 0.497 e. The molecular formula is C17H21NO5. The Morgan fingerprint density at radius 1 is 1.30 bits per heavy atom. The van der Waals surface area contributed by atoms with Gasteiger partial charge in [-0.25, -0.2) is 0 Å². The lowest BCUT2D eigenvalue weighted by molar-refractivity contribution is 0.0509. The monoisotopic (exact) mass is 319 g/mol. The number of benzene rings is 1. The van der Waals surface area contributed by atoms with Crippen LogP contribution in [0.1, 0.15) is 23.0 Å². The van der Waals surface area contributed by atoms with E-state index in [0.717, 1.165) is 0 Å². The van der Waals surface area contributed by atoms with Gasteiger partial charge in [0.05, 0.1) is 31.6 Å². The van der Waals surface area contributed by atoms with E-state index in [1.165, 1.54) is 7.11 Å². The summed E-state index contributed by atoms with van der Waals surface area (Å²) >= 11 is 0. The smallest absolute Gasteiger partial charge is 0.255 e. The molecular weight excluding hydrogens is 298 g/mol. The Bertz CT molecular complexity index is 649. The van der Waals surface area contributed by atoms with Crippen molar-refractivity contribution in [2.45, 2.75) is 18.9 Å². The van der Waals surface area contributed by atoms with Crippen molar-refractivity contribution >= 4 is 5.91 Å². The Morgan fingerprint density at radius 2 is 2.09 bits per heavy atom. The van der Waals surface area contributed by atoms with Crippen LogP contribution in [0.4, 0.5) is 0 Å². The average Bonchev–Trinajstić information content (AvgIpc) is 3.04. The second-order valence-electron chi connectivity index (χ2n) is 5.50. The Kier molecular flexibility index (Phi) is 5.28. The van der Waals surface area contributed by atoms with Crippen LogP contribution < -0.4 is 14.8 Å². The lowest BCUT2D eigenvalue weighted by atomic mass is 10.0. The third-order valence-corrected chi connectivity index (χ3v) is 3.42. The maximum atomic E-state index is 12.3. The molecule has 0 radical (unpaired) electrons. The molecule has 0 aliphatic carbocycles. The molecule has 1 amide bonds. The van der Waals surface area contributed by atoms with Crippen molar-refractivity contribution in [3.8, 4) is 11.5 Å². The molecule has 2 rings (SSSR count). The fourth-order valence-corrected chi connectivity index (χ4v) is 2.20. The maximum Gasteiger partial charge on any atom is 0.255 e. The van der Waals surface area contributed by atoms with E-state index in [0.29, 0.717) is 29.2 Å². The van der Waals surface area contributed by atoms with Crippen molar-refractivity contribution in [2.75, 3.05) is 20.8 Å². The number of rotatable bonds is 7. The van der Waals surface area contributed by atoms with Crippen molar-refractivity contribution in [3.63, 3.8) is 0 Å². The van der Waals surface area contributed by atoms with Crippen molar-refractivity contribution < 1.29 is 23.8 Å². The fourth-order valence-electron chi connectivity index (χ4n) is 2.20. The van der Waals surface area contributed by atoms with Gasteiger partial charge >= 0.3 is 0 Å². The van der Waals surface area contributed by atoms with Gasteiger partial charge in [0.2, 0.25) is 0 Å². The summed E-state index contributed by atoms with van der Waals surface area (Å²) in [6, 6.07) is 8.47. The summed E-state index contributed by atoms with van der Waals surface area (Å²) in [4.78, 5) is 12.3. The Morgan fingerprint density at radius 3 is 2.70 bits per heavy atom. The molecule has 0 saturated heterocycles. The van der Waals surface area contributed by atoms with Crippen LogP contribution in [0.15, 0.2) is 41.0 Å². The number of ether oxygens (including phenoxy) is 2. The summed E-state index contributed by atoms with van der Waals surface area (Å²) in [5, 5.41) is 13.1. The first-order valence-corrected chi connectivity index (χ1v) is 7.20. The minimum Gasteiger partial charge on any atom is -0.497 e.